The number of para-hydroxylation sites is 2. The monoisotopic (exact) mass is 274 g/mol. The molecule has 1 aliphatic carbocycles. The first-order chi connectivity index (χ1) is 9.75. The Morgan fingerprint density at radius 2 is 2.15 bits per heavy atom. The van der Waals surface area contributed by atoms with Gasteiger partial charge in [0.1, 0.15) is 5.75 Å². The number of carbonyl (C=O) groups is 2. The fourth-order valence-corrected chi connectivity index (χ4v) is 2.50. The zero-order chi connectivity index (χ0) is 13.9. The molecular weight excluding hydrogens is 256 g/mol. The minimum atomic E-state index is -0.0680. The van der Waals surface area contributed by atoms with E-state index in [1.165, 1.54) is 0 Å². The maximum Gasteiger partial charge on any atom is 0.265 e. The Balaban J connectivity index is 1.59. The van der Waals surface area contributed by atoms with Crippen molar-refractivity contribution in [1.82, 2.24) is 5.32 Å². The highest BCUT2D eigenvalue weighted by Gasteiger charge is 2.27. The standard InChI is InChI=1S/C15H18N2O3/c18-14-10-20-13-7-2-1-6-12(13)17(14)9-8-16-15(19)11-4-3-5-11/h1-2,6-7,11H,3-5,8-10H2,(H,16,19). The quantitative estimate of drug-likeness (QED) is 0.901. The van der Waals surface area contributed by atoms with Crippen LogP contribution in [0.25, 0.3) is 0 Å². The molecule has 1 saturated carbocycles. The van der Waals surface area contributed by atoms with Crippen LogP contribution in [0.15, 0.2) is 24.3 Å². The maximum absolute atomic E-state index is 11.9. The number of carbonyl (C=O) groups excluding carboxylic acids is 2. The molecule has 1 aliphatic heterocycles. The van der Waals surface area contributed by atoms with E-state index in [0.29, 0.717) is 13.1 Å². The van der Waals surface area contributed by atoms with Crippen molar-refractivity contribution in [2.24, 2.45) is 5.92 Å². The molecule has 5 heteroatoms. The Labute approximate surface area is 117 Å². The normalized spacial score (nSPS) is 18.0. The van der Waals surface area contributed by atoms with Crippen LogP contribution in [0.2, 0.25) is 0 Å². The molecule has 0 bridgehead atoms. The fraction of sp³-hybridized carbons (Fsp3) is 0.467. The summed E-state index contributed by atoms with van der Waals surface area (Å²) in [4.78, 5) is 25.4. The Bertz CT molecular complexity index is 526. The second-order valence-electron chi connectivity index (χ2n) is 5.22. The summed E-state index contributed by atoms with van der Waals surface area (Å²) in [7, 11) is 0. The molecule has 2 aliphatic rings. The van der Waals surface area contributed by atoms with Crippen molar-refractivity contribution in [2.45, 2.75) is 19.3 Å². The lowest BCUT2D eigenvalue weighted by atomic mass is 9.85. The Morgan fingerprint density at radius 1 is 1.35 bits per heavy atom. The van der Waals surface area contributed by atoms with Gasteiger partial charge in [0.2, 0.25) is 5.91 Å². The van der Waals surface area contributed by atoms with Gasteiger partial charge in [0, 0.05) is 19.0 Å². The SMILES string of the molecule is O=C(NCCN1C(=O)COc2ccccc21)C1CCC1. The summed E-state index contributed by atoms with van der Waals surface area (Å²) >= 11 is 0. The molecule has 1 heterocycles. The predicted molar refractivity (Wildman–Crippen MR) is 74.6 cm³/mol. The molecule has 0 saturated heterocycles. The molecule has 20 heavy (non-hydrogen) atoms. The summed E-state index contributed by atoms with van der Waals surface area (Å²) in [6, 6.07) is 7.47. The second kappa shape index (κ2) is 5.53. The zero-order valence-electron chi connectivity index (χ0n) is 11.3. The predicted octanol–water partition coefficient (Wildman–Crippen LogP) is 1.33. The van der Waals surface area contributed by atoms with Crippen molar-refractivity contribution >= 4 is 17.5 Å². The molecule has 0 unspecified atom stereocenters. The minimum absolute atomic E-state index is 0.0631. The van der Waals surface area contributed by atoms with Gasteiger partial charge < -0.3 is 15.0 Å². The molecular formula is C15H18N2O3. The van der Waals surface area contributed by atoms with Gasteiger partial charge in [0.15, 0.2) is 6.61 Å². The van der Waals surface area contributed by atoms with Crippen LogP contribution in [0, 0.1) is 5.92 Å². The summed E-state index contributed by atoms with van der Waals surface area (Å²) in [6.07, 6.45) is 3.13. The number of nitrogens with one attached hydrogen (secondary N) is 1. The van der Waals surface area contributed by atoms with Crippen LogP contribution >= 0.6 is 0 Å². The van der Waals surface area contributed by atoms with Gasteiger partial charge in [-0.2, -0.15) is 0 Å². The third-order valence-corrected chi connectivity index (χ3v) is 3.92. The van der Waals surface area contributed by atoms with E-state index in [4.69, 9.17) is 4.74 Å². The first kappa shape index (κ1) is 13.0. The van der Waals surface area contributed by atoms with Crippen LogP contribution in [0.3, 0.4) is 0 Å². The van der Waals surface area contributed by atoms with Crippen LogP contribution in [-0.2, 0) is 9.59 Å². The molecule has 106 valence electrons. The molecule has 3 rings (SSSR count). The number of amides is 2. The molecule has 1 aromatic rings. The molecule has 0 spiro atoms. The highest BCUT2D eigenvalue weighted by atomic mass is 16.5. The lowest BCUT2D eigenvalue weighted by Crippen LogP contribution is -2.44. The van der Waals surface area contributed by atoms with E-state index in [9.17, 15) is 9.59 Å². The van der Waals surface area contributed by atoms with E-state index in [-0.39, 0.29) is 24.3 Å². The van der Waals surface area contributed by atoms with Gasteiger partial charge >= 0.3 is 0 Å². The lowest BCUT2D eigenvalue weighted by molar-refractivity contribution is -0.127. The third kappa shape index (κ3) is 2.48. The van der Waals surface area contributed by atoms with Gasteiger partial charge in [-0.1, -0.05) is 18.6 Å². The molecule has 0 atom stereocenters. The first-order valence-electron chi connectivity index (χ1n) is 7.05. The highest BCUT2D eigenvalue weighted by Crippen LogP contribution is 2.31. The first-order valence-corrected chi connectivity index (χ1v) is 7.05. The van der Waals surface area contributed by atoms with Crippen molar-refractivity contribution < 1.29 is 14.3 Å². The summed E-state index contributed by atoms with van der Waals surface area (Å²) < 4.78 is 5.38. The Hall–Kier alpha value is -2.04. The Morgan fingerprint density at radius 3 is 2.90 bits per heavy atom. The highest BCUT2D eigenvalue weighted by molar-refractivity contribution is 5.97. The average molecular weight is 274 g/mol. The molecule has 0 radical (unpaired) electrons. The smallest absolute Gasteiger partial charge is 0.265 e. The second-order valence-corrected chi connectivity index (χ2v) is 5.22. The number of benzene rings is 1. The van der Waals surface area contributed by atoms with Crippen molar-refractivity contribution in [3.63, 3.8) is 0 Å². The van der Waals surface area contributed by atoms with Crippen LogP contribution in [0.5, 0.6) is 5.75 Å². The molecule has 0 aromatic heterocycles. The number of hydrogen-bond acceptors (Lipinski definition) is 3. The van der Waals surface area contributed by atoms with Crippen LogP contribution in [0.4, 0.5) is 5.69 Å². The van der Waals surface area contributed by atoms with Gasteiger partial charge in [0.05, 0.1) is 5.69 Å². The van der Waals surface area contributed by atoms with Crippen molar-refractivity contribution in [1.29, 1.82) is 0 Å². The maximum atomic E-state index is 11.9. The van der Waals surface area contributed by atoms with Crippen LogP contribution in [-0.4, -0.2) is 31.5 Å². The van der Waals surface area contributed by atoms with E-state index >= 15 is 0 Å². The fourth-order valence-electron chi connectivity index (χ4n) is 2.50. The van der Waals surface area contributed by atoms with Gasteiger partial charge in [-0.15, -0.1) is 0 Å². The van der Waals surface area contributed by atoms with Crippen LogP contribution in [0.1, 0.15) is 19.3 Å². The van der Waals surface area contributed by atoms with E-state index in [1.54, 1.807) is 4.90 Å². The number of hydrogen-bond donors (Lipinski definition) is 1. The minimum Gasteiger partial charge on any atom is -0.482 e. The number of ether oxygens (including phenoxy) is 1. The third-order valence-electron chi connectivity index (χ3n) is 3.92. The molecule has 1 fully saturated rings. The largest absolute Gasteiger partial charge is 0.482 e. The number of anilines is 1. The van der Waals surface area contributed by atoms with Crippen molar-refractivity contribution in [3.8, 4) is 5.75 Å². The summed E-state index contributed by atoms with van der Waals surface area (Å²) in [5, 5.41) is 2.91. The van der Waals surface area contributed by atoms with E-state index in [1.807, 2.05) is 24.3 Å². The number of nitrogens with zero attached hydrogens (tertiary/aromatic N) is 1. The Kier molecular flexibility index (Phi) is 3.58. The van der Waals surface area contributed by atoms with E-state index in [0.717, 1.165) is 30.7 Å². The summed E-state index contributed by atoms with van der Waals surface area (Å²) in [5.74, 6) is 0.951. The van der Waals surface area contributed by atoms with Gasteiger partial charge in [-0.3, -0.25) is 9.59 Å². The lowest BCUT2D eigenvalue weighted by Gasteiger charge is -2.30. The van der Waals surface area contributed by atoms with Crippen molar-refractivity contribution in [2.75, 3.05) is 24.6 Å². The van der Waals surface area contributed by atoms with E-state index in [2.05, 4.69) is 5.32 Å². The van der Waals surface area contributed by atoms with Crippen LogP contribution < -0.4 is 15.0 Å². The zero-order valence-corrected chi connectivity index (χ0v) is 11.3. The summed E-state index contributed by atoms with van der Waals surface area (Å²) in [5.41, 5.74) is 0.779. The molecule has 5 nitrogen and oxygen atoms in total. The summed E-state index contributed by atoms with van der Waals surface area (Å²) in [6.45, 7) is 1.03. The van der Waals surface area contributed by atoms with Gasteiger partial charge in [0.25, 0.3) is 5.91 Å². The number of rotatable bonds is 4. The topological polar surface area (TPSA) is 58.6 Å². The number of fused-ring (bicyclic) bond motifs is 1. The van der Waals surface area contributed by atoms with Crippen molar-refractivity contribution in [3.05, 3.63) is 24.3 Å². The molecule has 1 N–H and O–H groups in total. The average Bonchev–Trinajstić information content (AvgIpc) is 2.39. The van der Waals surface area contributed by atoms with E-state index < -0.39 is 0 Å². The van der Waals surface area contributed by atoms with Gasteiger partial charge in [-0.05, 0) is 25.0 Å². The molecule has 1 aromatic carbocycles. The van der Waals surface area contributed by atoms with Gasteiger partial charge in [-0.25, -0.2) is 0 Å². The molecule has 2 amide bonds.